The Morgan fingerprint density at radius 3 is 2.33 bits per heavy atom. The average Bonchev–Trinajstić information content (AvgIpc) is 2.43. The van der Waals surface area contributed by atoms with Crippen LogP contribution in [-0.4, -0.2) is 0 Å². The van der Waals surface area contributed by atoms with Crippen molar-refractivity contribution in [1.82, 2.24) is 0 Å². The molecule has 0 saturated heterocycles. The van der Waals surface area contributed by atoms with Gasteiger partial charge in [-0.15, -0.1) is 0 Å². The molecule has 0 aromatic heterocycles. The molecule has 0 aliphatic heterocycles. The van der Waals surface area contributed by atoms with Gasteiger partial charge in [0.05, 0.1) is 6.57 Å². The first kappa shape index (κ1) is 6.87. The number of fused-ring (bicyclic) bond motifs is 1. The van der Waals surface area contributed by atoms with Crippen LogP contribution in [0.3, 0.4) is 0 Å². The summed E-state index contributed by atoms with van der Waals surface area (Å²) in [5, 5.41) is 0. The molecule has 12 heavy (non-hydrogen) atoms. The number of nitrogens with zero attached hydrogens (tertiary/aromatic N) is 1. The van der Waals surface area contributed by atoms with Crippen LogP contribution in [0.15, 0.2) is 42.5 Å². The monoisotopic (exact) mass is 153 g/mol. The minimum absolute atomic E-state index is 0.691. The Morgan fingerprint density at radius 2 is 1.58 bits per heavy atom. The fraction of sp³-hybridized carbons (Fsp3) is 0. The lowest BCUT2D eigenvalue weighted by Crippen LogP contribution is -1.60. The molecule has 0 saturated carbocycles. The van der Waals surface area contributed by atoms with Gasteiger partial charge in [-0.2, -0.15) is 0 Å². The van der Waals surface area contributed by atoms with Crippen molar-refractivity contribution in [2.24, 2.45) is 0 Å². The summed E-state index contributed by atoms with van der Waals surface area (Å²) in [7, 11) is 0. The summed E-state index contributed by atoms with van der Waals surface area (Å²) in [5.41, 5.74) is 3.01. The maximum Gasteiger partial charge on any atom is 0.187 e. The molecule has 2 aliphatic rings. The summed E-state index contributed by atoms with van der Waals surface area (Å²) in [4.78, 5) is 3.39. The third-order valence-corrected chi connectivity index (χ3v) is 1.86. The highest BCUT2D eigenvalue weighted by Crippen LogP contribution is 2.25. The topological polar surface area (TPSA) is 4.36 Å². The second-order valence-corrected chi connectivity index (χ2v) is 2.64. The quantitative estimate of drug-likeness (QED) is 0.511. The maximum atomic E-state index is 6.88. The molecule has 0 N–H and O–H groups in total. The van der Waals surface area contributed by atoms with E-state index in [1.54, 1.807) is 0 Å². The number of rotatable bonds is 0. The summed E-state index contributed by atoms with van der Waals surface area (Å²) in [6, 6.07) is 13.7. The van der Waals surface area contributed by atoms with E-state index in [-0.39, 0.29) is 0 Å². The minimum atomic E-state index is 0.691. The summed E-state index contributed by atoms with van der Waals surface area (Å²) in [6.45, 7) is 6.88. The molecule has 0 aromatic carbocycles. The standard InChI is InChI=1S/C11H7N/c1-12-11-7-3-5-9-4-2-6-10(9)8-11/h2-8H. The lowest BCUT2D eigenvalue weighted by molar-refractivity contribution is 1.84. The van der Waals surface area contributed by atoms with Crippen LogP contribution in [0.2, 0.25) is 0 Å². The molecule has 2 aliphatic carbocycles. The van der Waals surface area contributed by atoms with Crippen LogP contribution in [0, 0.1) is 6.57 Å². The highest BCUT2D eigenvalue weighted by Gasteiger charge is 1.98. The van der Waals surface area contributed by atoms with Gasteiger partial charge in [0.15, 0.2) is 5.69 Å². The Morgan fingerprint density at radius 1 is 0.917 bits per heavy atom. The van der Waals surface area contributed by atoms with E-state index in [1.165, 1.54) is 5.56 Å². The van der Waals surface area contributed by atoms with Gasteiger partial charge in [-0.05, 0) is 17.2 Å². The molecule has 0 heterocycles. The van der Waals surface area contributed by atoms with Crippen molar-refractivity contribution in [2.75, 3.05) is 0 Å². The average molecular weight is 153 g/mol. The molecule has 0 aromatic rings. The Bertz CT molecular complexity index is 412. The van der Waals surface area contributed by atoms with Gasteiger partial charge in [0, 0.05) is 0 Å². The molecule has 56 valence electrons. The van der Waals surface area contributed by atoms with Crippen LogP contribution >= 0.6 is 0 Å². The zero-order valence-corrected chi connectivity index (χ0v) is 6.49. The van der Waals surface area contributed by atoms with Crippen molar-refractivity contribution in [1.29, 1.82) is 0 Å². The van der Waals surface area contributed by atoms with Crippen LogP contribution in [0.4, 0.5) is 5.69 Å². The first-order valence-corrected chi connectivity index (χ1v) is 3.76. The zero-order valence-electron chi connectivity index (χ0n) is 6.49. The SMILES string of the molecule is [C-]#[N+]c1cccc2cccc-2c1. The Kier molecular flexibility index (Phi) is 1.53. The molecule has 1 nitrogen and oxygen atoms in total. The third-order valence-electron chi connectivity index (χ3n) is 1.86. The summed E-state index contributed by atoms with van der Waals surface area (Å²) in [6.07, 6.45) is 0. The van der Waals surface area contributed by atoms with Crippen molar-refractivity contribution in [2.45, 2.75) is 0 Å². The van der Waals surface area contributed by atoms with E-state index in [0.29, 0.717) is 5.69 Å². The lowest BCUT2D eigenvalue weighted by Gasteiger charge is -1.87. The highest BCUT2D eigenvalue weighted by molar-refractivity contribution is 5.70. The van der Waals surface area contributed by atoms with Crippen molar-refractivity contribution >= 4 is 5.69 Å². The van der Waals surface area contributed by atoms with Crippen LogP contribution in [-0.2, 0) is 0 Å². The van der Waals surface area contributed by atoms with Gasteiger partial charge in [-0.3, -0.25) is 0 Å². The molecule has 1 heteroatoms. The maximum absolute atomic E-state index is 6.88. The first-order valence-electron chi connectivity index (χ1n) is 3.76. The van der Waals surface area contributed by atoms with E-state index < -0.39 is 0 Å². The molecule has 0 spiro atoms. The summed E-state index contributed by atoms with van der Waals surface area (Å²) < 4.78 is 0. The first-order chi connectivity index (χ1) is 5.90. The van der Waals surface area contributed by atoms with Crippen LogP contribution in [0.1, 0.15) is 0 Å². The minimum Gasteiger partial charge on any atom is -0.238 e. The Labute approximate surface area is 71.4 Å². The van der Waals surface area contributed by atoms with E-state index in [9.17, 15) is 0 Å². The lowest BCUT2D eigenvalue weighted by atomic mass is 10.2. The third kappa shape index (κ3) is 1.04. The molecule has 0 radical (unpaired) electrons. The van der Waals surface area contributed by atoms with E-state index in [4.69, 9.17) is 6.57 Å². The molecule has 0 unspecified atom stereocenters. The van der Waals surface area contributed by atoms with Gasteiger partial charge in [0.25, 0.3) is 0 Å². The van der Waals surface area contributed by atoms with Gasteiger partial charge in [-0.25, -0.2) is 4.85 Å². The van der Waals surface area contributed by atoms with Crippen molar-refractivity contribution in [3.8, 4) is 11.1 Å². The normalized spacial score (nSPS) is 9.58. The number of hydrogen-bond acceptors (Lipinski definition) is 0. The fourth-order valence-corrected chi connectivity index (χ4v) is 1.26. The van der Waals surface area contributed by atoms with E-state index in [2.05, 4.69) is 4.85 Å². The van der Waals surface area contributed by atoms with Crippen molar-refractivity contribution in [3.05, 3.63) is 53.9 Å². The second kappa shape index (κ2) is 2.67. The van der Waals surface area contributed by atoms with E-state index in [0.717, 1.165) is 5.56 Å². The van der Waals surface area contributed by atoms with Gasteiger partial charge in [-0.1, -0.05) is 36.4 Å². The highest BCUT2D eigenvalue weighted by atomic mass is 14.6. The summed E-state index contributed by atoms with van der Waals surface area (Å²) in [5.74, 6) is 0. The van der Waals surface area contributed by atoms with Crippen LogP contribution in [0.5, 0.6) is 0 Å². The van der Waals surface area contributed by atoms with Crippen molar-refractivity contribution < 1.29 is 0 Å². The van der Waals surface area contributed by atoms with Gasteiger partial charge >= 0.3 is 0 Å². The smallest absolute Gasteiger partial charge is 0.187 e. The largest absolute Gasteiger partial charge is 0.238 e. The van der Waals surface area contributed by atoms with Crippen molar-refractivity contribution in [3.63, 3.8) is 0 Å². The molecular weight excluding hydrogens is 146 g/mol. The second-order valence-electron chi connectivity index (χ2n) is 2.64. The molecule has 0 amide bonds. The predicted octanol–water partition coefficient (Wildman–Crippen LogP) is 3.34. The Hall–Kier alpha value is -1.81. The molecule has 0 bridgehead atoms. The molecule has 0 atom stereocenters. The van der Waals surface area contributed by atoms with E-state index >= 15 is 0 Å². The predicted molar refractivity (Wildman–Crippen MR) is 49.3 cm³/mol. The van der Waals surface area contributed by atoms with Gasteiger partial charge in [0.1, 0.15) is 0 Å². The molecule has 0 fully saturated rings. The zero-order chi connectivity index (χ0) is 8.39. The summed E-state index contributed by atoms with van der Waals surface area (Å²) >= 11 is 0. The molecule has 2 rings (SSSR count). The van der Waals surface area contributed by atoms with Gasteiger partial charge in [0.2, 0.25) is 0 Å². The van der Waals surface area contributed by atoms with E-state index in [1.807, 2.05) is 42.5 Å². The van der Waals surface area contributed by atoms with Crippen LogP contribution < -0.4 is 0 Å². The fourth-order valence-electron chi connectivity index (χ4n) is 1.26. The number of hydrogen-bond donors (Lipinski definition) is 0. The van der Waals surface area contributed by atoms with Crippen LogP contribution in [0.25, 0.3) is 16.0 Å². The Balaban J connectivity index is 2.71. The molecular formula is C11H7N. The van der Waals surface area contributed by atoms with Gasteiger partial charge < -0.3 is 0 Å².